The minimum Gasteiger partial charge on any atom is -0.351 e. The van der Waals surface area contributed by atoms with Crippen LogP contribution in [0.5, 0.6) is 0 Å². The number of carbonyl (C=O) groups excluding carboxylic acids is 1. The van der Waals surface area contributed by atoms with Crippen molar-refractivity contribution >= 4 is 22.5 Å². The van der Waals surface area contributed by atoms with Gasteiger partial charge < -0.3 is 15.3 Å². The molecular weight excluding hydrogens is 340 g/mol. The van der Waals surface area contributed by atoms with Crippen LogP contribution in [0, 0.1) is 0 Å². The first kappa shape index (κ1) is 16.8. The molecule has 4 aromatic rings. The predicted molar refractivity (Wildman–Crippen MR) is 106 cm³/mol. The molecule has 0 radical (unpaired) electrons. The summed E-state index contributed by atoms with van der Waals surface area (Å²) < 4.78 is 0. The van der Waals surface area contributed by atoms with Gasteiger partial charge in [0.1, 0.15) is 11.4 Å². The van der Waals surface area contributed by atoms with E-state index in [1.807, 2.05) is 24.3 Å². The van der Waals surface area contributed by atoms with Crippen molar-refractivity contribution in [3.63, 3.8) is 0 Å². The normalized spacial score (nSPS) is 10.9. The average molecular weight is 358 g/mol. The molecule has 0 unspecified atom stereocenters. The summed E-state index contributed by atoms with van der Waals surface area (Å²) in [6, 6.07) is 13.2. The molecule has 0 saturated heterocycles. The first-order valence-corrected chi connectivity index (χ1v) is 8.70. The van der Waals surface area contributed by atoms with Crippen LogP contribution >= 0.6 is 0 Å². The van der Waals surface area contributed by atoms with Gasteiger partial charge in [-0.2, -0.15) is 0 Å². The lowest BCUT2D eigenvalue weighted by atomic mass is 10.1. The summed E-state index contributed by atoms with van der Waals surface area (Å²) in [5.74, 6) is -0.360. The largest absolute Gasteiger partial charge is 0.351 e. The molecule has 0 aliphatic heterocycles. The molecule has 3 aromatic heterocycles. The van der Waals surface area contributed by atoms with Crippen LogP contribution in [0.25, 0.3) is 22.0 Å². The third kappa shape index (κ3) is 3.37. The fourth-order valence-corrected chi connectivity index (χ4v) is 3.00. The number of aromatic amines is 2. The lowest BCUT2D eigenvalue weighted by molar-refractivity contribution is 0.102. The lowest BCUT2D eigenvalue weighted by Gasteiger charge is -2.06. The molecular formula is C21H18N4O2. The zero-order valence-electron chi connectivity index (χ0n) is 14.7. The molecule has 4 rings (SSSR count). The third-order valence-corrected chi connectivity index (χ3v) is 4.50. The van der Waals surface area contributed by atoms with E-state index in [9.17, 15) is 9.59 Å². The number of carbonyl (C=O) groups is 1. The molecule has 0 spiro atoms. The maximum Gasteiger partial charge on any atom is 0.272 e. The second kappa shape index (κ2) is 6.92. The predicted octanol–water partition coefficient (Wildman–Crippen LogP) is 3.73. The van der Waals surface area contributed by atoms with Gasteiger partial charge in [-0.1, -0.05) is 13.0 Å². The first-order chi connectivity index (χ1) is 13.1. The highest BCUT2D eigenvalue weighted by molar-refractivity contribution is 6.06. The van der Waals surface area contributed by atoms with Crippen molar-refractivity contribution in [2.24, 2.45) is 0 Å². The van der Waals surface area contributed by atoms with Crippen LogP contribution in [0.15, 0.2) is 65.8 Å². The van der Waals surface area contributed by atoms with E-state index in [1.54, 1.807) is 30.7 Å². The van der Waals surface area contributed by atoms with Gasteiger partial charge in [-0.05, 0) is 53.9 Å². The number of hydrogen-bond acceptors (Lipinski definition) is 3. The van der Waals surface area contributed by atoms with E-state index >= 15 is 0 Å². The number of rotatable bonds is 4. The van der Waals surface area contributed by atoms with Crippen molar-refractivity contribution in [2.75, 3.05) is 5.32 Å². The Morgan fingerprint density at radius 2 is 1.89 bits per heavy atom. The molecule has 0 fully saturated rings. The van der Waals surface area contributed by atoms with Crippen molar-refractivity contribution in [1.82, 2.24) is 15.0 Å². The fraction of sp³-hybridized carbons (Fsp3) is 0.0952. The maximum absolute atomic E-state index is 12.6. The minimum absolute atomic E-state index is 0.196. The summed E-state index contributed by atoms with van der Waals surface area (Å²) >= 11 is 0. The van der Waals surface area contributed by atoms with E-state index in [0.29, 0.717) is 5.69 Å². The summed E-state index contributed by atoms with van der Waals surface area (Å²) in [7, 11) is 0. The molecule has 27 heavy (non-hydrogen) atoms. The number of benzene rings is 1. The number of nitrogens with zero attached hydrogens (tertiary/aromatic N) is 1. The lowest BCUT2D eigenvalue weighted by Crippen LogP contribution is -2.20. The van der Waals surface area contributed by atoms with Crippen LogP contribution in [0.4, 0.5) is 5.69 Å². The van der Waals surface area contributed by atoms with Gasteiger partial charge in [0, 0.05) is 35.1 Å². The SMILES string of the molecule is CCc1ccc2[nH]c(C(=O)Nc3cc(-c4ccncc4)c[nH]c3=O)cc2c1. The molecule has 6 heteroatoms. The Labute approximate surface area is 155 Å². The third-order valence-electron chi connectivity index (χ3n) is 4.50. The van der Waals surface area contributed by atoms with E-state index in [0.717, 1.165) is 28.5 Å². The number of amides is 1. The standard InChI is InChI=1S/C21H18N4O2/c1-2-13-3-4-17-15(9-13)10-19(24-17)21(27)25-18-11-16(12-23-20(18)26)14-5-7-22-8-6-14/h3-12,24H,2H2,1H3,(H,23,26)(H,25,27). The Kier molecular flexibility index (Phi) is 4.30. The van der Waals surface area contributed by atoms with Gasteiger partial charge in [-0.15, -0.1) is 0 Å². The molecule has 0 aliphatic rings. The van der Waals surface area contributed by atoms with Gasteiger partial charge in [-0.25, -0.2) is 0 Å². The number of aryl methyl sites for hydroxylation is 1. The second-order valence-electron chi connectivity index (χ2n) is 6.28. The molecule has 134 valence electrons. The molecule has 0 bridgehead atoms. The van der Waals surface area contributed by atoms with Gasteiger partial charge in [0.15, 0.2) is 0 Å². The Morgan fingerprint density at radius 1 is 1.07 bits per heavy atom. The van der Waals surface area contributed by atoms with Gasteiger partial charge in [0.25, 0.3) is 11.5 Å². The average Bonchev–Trinajstić information content (AvgIpc) is 3.13. The molecule has 6 nitrogen and oxygen atoms in total. The minimum atomic E-state index is -0.360. The maximum atomic E-state index is 12.6. The Bertz CT molecular complexity index is 1180. The van der Waals surface area contributed by atoms with Crippen molar-refractivity contribution in [3.8, 4) is 11.1 Å². The molecule has 0 aliphatic carbocycles. The summed E-state index contributed by atoms with van der Waals surface area (Å²) in [6.45, 7) is 2.09. The van der Waals surface area contributed by atoms with Crippen LogP contribution in [-0.4, -0.2) is 20.9 Å². The topological polar surface area (TPSA) is 90.6 Å². The van der Waals surface area contributed by atoms with Crippen molar-refractivity contribution in [1.29, 1.82) is 0 Å². The van der Waals surface area contributed by atoms with Crippen molar-refractivity contribution in [3.05, 3.63) is 82.7 Å². The number of H-pyrrole nitrogens is 2. The number of hydrogen-bond donors (Lipinski definition) is 3. The number of anilines is 1. The highest BCUT2D eigenvalue weighted by atomic mass is 16.2. The van der Waals surface area contributed by atoms with E-state index in [2.05, 4.69) is 33.3 Å². The summed E-state index contributed by atoms with van der Waals surface area (Å²) in [5.41, 5.74) is 4.03. The molecule has 1 amide bonds. The summed E-state index contributed by atoms with van der Waals surface area (Å²) in [5, 5.41) is 3.67. The van der Waals surface area contributed by atoms with E-state index in [4.69, 9.17) is 0 Å². The Balaban J connectivity index is 1.64. The van der Waals surface area contributed by atoms with Gasteiger partial charge >= 0.3 is 0 Å². The number of pyridine rings is 2. The smallest absolute Gasteiger partial charge is 0.272 e. The molecule has 3 heterocycles. The van der Waals surface area contributed by atoms with Crippen LogP contribution < -0.4 is 10.9 Å². The zero-order valence-corrected chi connectivity index (χ0v) is 14.7. The molecule has 1 aromatic carbocycles. The van der Waals surface area contributed by atoms with Crippen molar-refractivity contribution in [2.45, 2.75) is 13.3 Å². The molecule has 3 N–H and O–H groups in total. The monoisotopic (exact) mass is 358 g/mol. The highest BCUT2D eigenvalue weighted by Crippen LogP contribution is 2.20. The van der Waals surface area contributed by atoms with Crippen molar-refractivity contribution < 1.29 is 4.79 Å². The Hall–Kier alpha value is -3.67. The van der Waals surface area contributed by atoms with Crippen LogP contribution in [0.1, 0.15) is 23.0 Å². The van der Waals surface area contributed by atoms with Gasteiger partial charge in [0.2, 0.25) is 0 Å². The van der Waals surface area contributed by atoms with Crippen LogP contribution in [0.2, 0.25) is 0 Å². The molecule has 0 atom stereocenters. The van der Waals surface area contributed by atoms with E-state index in [-0.39, 0.29) is 17.2 Å². The second-order valence-corrected chi connectivity index (χ2v) is 6.28. The summed E-state index contributed by atoms with van der Waals surface area (Å²) in [4.78, 5) is 34.5. The summed E-state index contributed by atoms with van der Waals surface area (Å²) in [6.07, 6.45) is 5.89. The fourth-order valence-electron chi connectivity index (χ4n) is 3.00. The quantitative estimate of drug-likeness (QED) is 0.519. The van der Waals surface area contributed by atoms with E-state index in [1.165, 1.54) is 5.56 Å². The molecule has 0 saturated carbocycles. The first-order valence-electron chi connectivity index (χ1n) is 8.70. The Morgan fingerprint density at radius 3 is 2.67 bits per heavy atom. The number of nitrogens with one attached hydrogen (secondary N) is 3. The van der Waals surface area contributed by atoms with E-state index < -0.39 is 0 Å². The number of aromatic nitrogens is 3. The van der Waals surface area contributed by atoms with Gasteiger partial charge in [-0.3, -0.25) is 14.6 Å². The van der Waals surface area contributed by atoms with Crippen LogP contribution in [0.3, 0.4) is 0 Å². The van der Waals surface area contributed by atoms with Gasteiger partial charge in [0.05, 0.1) is 0 Å². The highest BCUT2D eigenvalue weighted by Gasteiger charge is 2.13. The van der Waals surface area contributed by atoms with Crippen LogP contribution in [-0.2, 0) is 6.42 Å². The number of fused-ring (bicyclic) bond motifs is 1. The zero-order chi connectivity index (χ0) is 18.8.